The molecular weight excluding hydrogens is 232 g/mol. The van der Waals surface area contributed by atoms with Gasteiger partial charge in [-0.05, 0) is 42.2 Å². The highest BCUT2D eigenvalue weighted by Crippen LogP contribution is 2.26. The van der Waals surface area contributed by atoms with Gasteiger partial charge in [0.05, 0.1) is 0 Å². The molecule has 1 atom stereocenters. The van der Waals surface area contributed by atoms with Gasteiger partial charge in [0.15, 0.2) is 0 Å². The third-order valence-electron chi connectivity index (χ3n) is 3.70. The SMILES string of the molecule is C=C(c1cncc(-c2ccccc2)c1)[C@H]1CCCN1. The number of benzene rings is 1. The Morgan fingerprint density at radius 1 is 1.16 bits per heavy atom. The lowest BCUT2D eigenvalue weighted by atomic mass is 9.98. The van der Waals surface area contributed by atoms with Gasteiger partial charge in [0.1, 0.15) is 0 Å². The van der Waals surface area contributed by atoms with E-state index in [1.165, 1.54) is 18.4 Å². The molecule has 2 aromatic rings. The Morgan fingerprint density at radius 3 is 2.74 bits per heavy atom. The standard InChI is InChI=1S/C17H18N2/c1-13(17-8-5-9-19-17)15-10-16(12-18-11-15)14-6-3-2-4-7-14/h2-4,6-7,10-12,17,19H,1,5,8-9H2/t17-/m1/s1. The minimum absolute atomic E-state index is 0.410. The smallest absolute Gasteiger partial charge is 0.0346 e. The zero-order chi connectivity index (χ0) is 13.1. The van der Waals surface area contributed by atoms with E-state index in [0.29, 0.717) is 6.04 Å². The molecule has 19 heavy (non-hydrogen) atoms. The van der Waals surface area contributed by atoms with Crippen molar-refractivity contribution in [3.8, 4) is 11.1 Å². The Labute approximate surface area is 114 Å². The Hall–Kier alpha value is -1.93. The molecule has 2 heterocycles. The van der Waals surface area contributed by atoms with Crippen molar-refractivity contribution in [3.63, 3.8) is 0 Å². The first-order valence-electron chi connectivity index (χ1n) is 6.77. The van der Waals surface area contributed by atoms with Crippen LogP contribution >= 0.6 is 0 Å². The molecule has 1 N–H and O–H groups in total. The molecular formula is C17H18N2. The molecule has 1 aliphatic heterocycles. The maximum atomic E-state index is 4.36. The van der Waals surface area contributed by atoms with Gasteiger partial charge in [-0.2, -0.15) is 0 Å². The quantitative estimate of drug-likeness (QED) is 0.901. The van der Waals surface area contributed by atoms with E-state index in [4.69, 9.17) is 0 Å². The van der Waals surface area contributed by atoms with Gasteiger partial charge in [-0.3, -0.25) is 4.98 Å². The van der Waals surface area contributed by atoms with Crippen molar-refractivity contribution in [2.75, 3.05) is 6.54 Å². The maximum absolute atomic E-state index is 4.36. The minimum Gasteiger partial charge on any atom is -0.310 e. The van der Waals surface area contributed by atoms with Crippen molar-refractivity contribution in [1.29, 1.82) is 0 Å². The van der Waals surface area contributed by atoms with Crippen LogP contribution in [0.3, 0.4) is 0 Å². The van der Waals surface area contributed by atoms with Crippen LogP contribution in [0.4, 0.5) is 0 Å². The van der Waals surface area contributed by atoms with Crippen molar-refractivity contribution < 1.29 is 0 Å². The number of rotatable bonds is 3. The van der Waals surface area contributed by atoms with E-state index in [9.17, 15) is 0 Å². The summed E-state index contributed by atoms with van der Waals surface area (Å²) in [5, 5.41) is 3.49. The number of hydrogen-bond donors (Lipinski definition) is 1. The fourth-order valence-corrected chi connectivity index (χ4v) is 2.59. The van der Waals surface area contributed by atoms with Crippen LogP contribution < -0.4 is 5.32 Å². The van der Waals surface area contributed by atoms with Crippen molar-refractivity contribution in [3.05, 3.63) is 60.9 Å². The van der Waals surface area contributed by atoms with Gasteiger partial charge in [-0.25, -0.2) is 0 Å². The molecule has 0 saturated carbocycles. The third-order valence-corrected chi connectivity index (χ3v) is 3.70. The average Bonchev–Trinajstić information content (AvgIpc) is 3.02. The number of pyridine rings is 1. The Balaban J connectivity index is 1.89. The third kappa shape index (κ3) is 2.59. The second-order valence-electron chi connectivity index (χ2n) is 5.00. The molecule has 1 fully saturated rings. The average molecular weight is 250 g/mol. The molecule has 3 rings (SSSR count). The second kappa shape index (κ2) is 5.37. The van der Waals surface area contributed by atoms with Gasteiger partial charge < -0.3 is 5.32 Å². The van der Waals surface area contributed by atoms with Crippen molar-refractivity contribution in [1.82, 2.24) is 10.3 Å². The monoisotopic (exact) mass is 250 g/mol. The molecule has 1 aromatic heterocycles. The topological polar surface area (TPSA) is 24.9 Å². The molecule has 0 spiro atoms. The van der Waals surface area contributed by atoms with E-state index in [1.807, 2.05) is 18.5 Å². The summed E-state index contributed by atoms with van der Waals surface area (Å²) in [7, 11) is 0. The van der Waals surface area contributed by atoms with Crippen LogP contribution in [0.25, 0.3) is 16.7 Å². The predicted octanol–water partition coefficient (Wildman–Crippen LogP) is 3.51. The number of nitrogens with zero attached hydrogens (tertiary/aromatic N) is 1. The number of aromatic nitrogens is 1. The van der Waals surface area contributed by atoms with Gasteiger partial charge in [-0.15, -0.1) is 0 Å². The minimum atomic E-state index is 0.410. The van der Waals surface area contributed by atoms with E-state index in [-0.39, 0.29) is 0 Å². The van der Waals surface area contributed by atoms with Crippen LogP contribution in [-0.2, 0) is 0 Å². The predicted molar refractivity (Wildman–Crippen MR) is 79.7 cm³/mol. The van der Waals surface area contributed by atoms with E-state index >= 15 is 0 Å². The van der Waals surface area contributed by atoms with Crippen molar-refractivity contribution in [2.24, 2.45) is 0 Å². The highest BCUT2D eigenvalue weighted by molar-refractivity contribution is 5.72. The second-order valence-corrected chi connectivity index (χ2v) is 5.00. The van der Waals surface area contributed by atoms with E-state index < -0.39 is 0 Å². The highest BCUT2D eigenvalue weighted by atomic mass is 14.9. The summed E-state index contributed by atoms with van der Waals surface area (Å²) >= 11 is 0. The van der Waals surface area contributed by atoms with Crippen molar-refractivity contribution >= 4 is 5.57 Å². The first-order valence-corrected chi connectivity index (χ1v) is 6.77. The molecule has 96 valence electrons. The Kier molecular flexibility index (Phi) is 3.43. The normalized spacial score (nSPS) is 18.4. The molecule has 2 nitrogen and oxygen atoms in total. The summed E-state index contributed by atoms with van der Waals surface area (Å²) in [6.07, 6.45) is 6.23. The largest absolute Gasteiger partial charge is 0.310 e. The van der Waals surface area contributed by atoms with Crippen LogP contribution in [-0.4, -0.2) is 17.6 Å². The van der Waals surface area contributed by atoms with Crippen LogP contribution in [0.15, 0.2) is 55.4 Å². The molecule has 0 amide bonds. The lowest BCUT2D eigenvalue weighted by Crippen LogP contribution is -2.22. The van der Waals surface area contributed by atoms with Gasteiger partial charge in [0, 0.05) is 24.0 Å². The summed E-state index contributed by atoms with van der Waals surface area (Å²) in [5.74, 6) is 0. The summed E-state index contributed by atoms with van der Waals surface area (Å²) < 4.78 is 0. The first kappa shape index (κ1) is 12.1. The van der Waals surface area contributed by atoms with Crippen molar-refractivity contribution in [2.45, 2.75) is 18.9 Å². The fraction of sp³-hybridized carbons (Fsp3) is 0.235. The van der Waals surface area contributed by atoms with Crippen LogP contribution in [0.5, 0.6) is 0 Å². The summed E-state index contributed by atoms with van der Waals surface area (Å²) in [4.78, 5) is 4.36. The van der Waals surface area contributed by atoms with Gasteiger partial charge >= 0.3 is 0 Å². The Morgan fingerprint density at radius 2 is 2.00 bits per heavy atom. The summed E-state index contributed by atoms with van der Waals surface area (Å²) in [5.41, 5.74) is 4.64. The summed E-state index contributed by atoms with van der Waals surface area (Å²) in [6, 6.07) is 12.9. The van der Waals surface area contributed by atoms with E-state index in [1.54, 1.807) is 0 Å². The van der Waals surface area contributed by atoms with E-state index in [0.717, 1.165) is 23.2 Å². The molecule has 1 aromatic carbocycles. The zero-order valence-corrected chi connectivity index (χ0v) is 11.0. The van der Waals surface area contributed by atoms with Crippen LogP contribution in [0, 0.1) is 0 Å². The zero-order valence-electron chi connectivity index (χ0n) is 11.0. The lowest BCUT2D eigenvalue weighted by molar-refractivity contribution is 0.744. The molecule has 0 aliphatic carbocycles. The fourth-order valence-electron chi connectivity index (χ4n) is 2.59. The molecule has 0 bridgehead atoms. The highest BCUT2D eigenvalue weighted by Gasteiger charge is 2.18. The molecule has 1 aliphatic rings. The van der Waals surface area contributed by atoms with Gasteiger partial charge in [0.25, 0.3) is 0 Å². The molecule has 1 saturated heterocycles. The van der Waals surface area contributed by atoms with Crippen LogP contribution in [0.1, 0.15) is 18.4 Å². The summed E-state index contributed by atoms with van der Waals surface area (Å²) in [6.45, 7) is 5.33. The van der Waals surface area contributed by atoms with Gasteiger partial charge in [-0.1, -0.05) is 36.9 Å². The number of hydrogen-bond acceptors (Lipinski definition) is 2. The maximum Gasteiger partial charge on any atom is 0.0346 e. The van der Waals surface area contributed by atoms with Crippen LogP contribution in [0.2, 0.25) is 0 Å². The molecule has 0 unspecified atom stereocenters. The molecule has 2 heteroatoms. The molecule has 0 radical (unpaired) electrons. The Bertz CT molecular complexity index is 569. The number of nitrogens with one attached hydrogen (secondary N) is 1. The van der Waals surface area contributed by atoms with E-state index in [2.05, 4.69) is 47.2 Å². The first-order chi connectivity index (χ1) is 9.34. The van der Waals surface area contributed by atoms with Gasteiger partial charge in [0.2, 0.25) is 0 Å². The lowest BCUT2D eigenvalue weighted by Gasteiger charge is -2.14.